The van der Waals surface area contributed by atoms with Crippen molar-refractivity contribution in [1.29, 1.82) is 0 Å². The van der Waals surface area contributed by atoms with E-state index in [1.165, 1.54) is 9.99 Å². The van der Waals surface area contributed by atoms with Gasteiger partial charge in [0.05, 0.1) is 17.3 Å². The Morgan fingerprint density at radius 1 is 0.957 bits per heavy atom. The predicted octanol–water partition coefficient (Wildman–Crippen LogP) is 6.39. The number of hydrogen-bond acceptors (Lipinski definition) is 5. The number of alkyl halides is 2. The summed E-state index contributed by atoms with van der Waals surface area (Å²) >= 11 is 0.322. The summed E-state index contributed by atoms with van der Waals surface area (Å²) in [7, 11) is 0. The Morgan fingerprint density at radius 3 is 2.49 bits per heavy atom. The first-order valence-corrected chi connectivity index (χ1v) is 18.3. The number of rotatable bonds is 10. The third-order valence-electron chi connectivity index (χ3n) is 8.23. The van der Waals surface area contributed by atoms with Crippen LogP contribution in [0.3, 0.4) is 0 Å². The molecule has 5 nitrogen and oxygen atoms in total. The number of fused-ring (bicyclic) bond motifs is 2. The molecule has 0 saturated carbocycles. The summed E-state index contributed by atoms with van der Waals surface area (Å²) in [6, 6.07) is 32.8. The maximum absolute atomic E-state index is 6.16. The molecular formula is C41H34IN4O-. The Kier molecular flexibility index (Phi) is 8.89. The van der Waals surface area contributed by atoms with Crippen molar-refractivity contribution in [3.05, 3.63) is 162 Å². The van der Waals surface area contributed by atoms with Crippen molar-refractivity contribution in [3.8, 4) is 5.75 Å². The Morgan fingerprint density at radius 2 is 1.72 bits per heavy atom. The van der Waals surface area contributed by atoms with Crippen LogP contribution in [0.15, 0.2) is 145 Å². The molecule has 6 heteroatoms. The van der Waals surface area contributed by atoms with Gasteiger partial charge in [-0.1, -0.05) is 31.4 Å². The fourth-order valence-corrected chi connectivity index (χ4v) is 7.23. The van der Waals surface area contributed by atoms with Crippen LogP contribution in [0.4, 0.5) is 22.7 Å². The number of aliphatic imine (C=N–C) groups is 1. The first kappa shape index (κ1) is 30.5. The molecule has 0 radical (unpaired) electrons. The zero-order chi connectivity index (χ0) is 32.2. The van der Waals surface area contributed by atoms with E-state index >= 15 is 0 Å². The molecule has 2 aliphatic rings. The minimum atomic E-state index is -0.120. The van der Waals surface area contributed by atoms with Gasteiger partial charge in [-0.3, -0.25) is 4.99 Å². The monoisotopic (exact) mass is 725 g/mol. The van der Waals surface area contributed by atoms with E-state index in [1.54, 1.807) is 0 Å². The summed E-state index contributed by atoms with van der Waals surface area (Å²) < 4.78 is 8.36. The first-order chi connectivity index (χ1) is 23.1. The van der Waals surface area contributed by atoms with Crippen molar-refractivity contribution in [3.63, 3.8) is 0 Å². The number of para-hydroxylation sites is 2. The number of benzene rings is 4. The van der Waals surface area contributed by atoms with Gasteiger partial charge in [-0.2, -0.15) is 0 Å². The maximum atomic E-state index is 6.16. The first-order valence-electron chi connectivity index (χ1n) is 15.5. The molecule has 1 fully saturated rings. The zero-order valence-corrected chi connectivity index (χ0v) is 28.1. The van der Waals surface area contributed by atoms with Crippen molar-refractivity contribution in [1.82, 2.24) is 4.98 Å². The second kappa shape index (κ2) is 13.7. The molecule has 0 aliphatic carbocycles. The van der Waals surface area contributed by atoms with Crippen LogP contribution >= 0.6 is 0 Å². The van der Waals surface area contributed by atoms with Crippen molar-refractivity contribution < 1.29 is 25.9 Å². The number of allylic oxidation sites excluding steroid dienone is 1. The van der Waals surface area contributed by atoms with Gasteiger partial charge in [0, 0.05) is 16.9 Å². The van der Waals surface area contributed by atoms with Gasteiger partial charge in [0.25, 0.3) is 0 Å². The molecular weight excluding hydrogens is 691 g/mol. The summed E-state index contributed by atoms with van der Waals surface area (Å²) in [6.07, 6.45) is 4.85. The molecule has 2 unspecified atom stereocenters. The second-order valence-electron chi connectivity index (χ2n) is 11.5. The van der Waals surface area contributed by atoms with E-state index in [-0.39, 0.29) is 5.92 Å². The van der Waals surface area contributed by atoms with Gasteiger partial charge in [-0.25, -0.2) is 0 Å². The predicted molar refractivity (Wildman–Crippen MR) is 191 cm³/mol. The van der Waals surface area contributed by atoms with E-state index in [0.29, 0.717) is 27.8 Å². The second-order valence-corrected chi connectivity index (χ2v) is 15.0. The van der Waals surface area contributed by atoms with E-state index < -0.39 is 0 Å². The normalized spacial score (nSPS) is 17.4. The molecule has 47 heavy (non-hydrogen) atoms. The average molecular weight is 726 g/mol. The molecule has 1 aromatic heterocycles. The van der Waals surface area contributed by atoms with Gasteiger partial charge in [-0.15, -0.1) is 5.73 Å². The number of hydrogen-bond donors (Lipinski definition) is 2. The minimum absolute atomic E-state index is 0.120. The summed E-state index contributed by atoms with van der Waals surface area (Å²) in [5.41, 5.74) is 16.9. The van der Waals surface area contributed by atoms with E-state index in [1.807, 2.05) is 60.7 Å². The van der Waals surface area contributed by atoms with Crippen LogP contribution < -0.4 is 36.6 Å². The number of nitrogens with one attached hydrogen (secondary N) is 2. The van der Waals surface area contributed by atoms with Gasteiger partial charge in [-0.05, 0) is 36.4 Å². The number of halogens is 1. The van der Waals surface area contributed by atoms with Crippen molar-refractivity contribution in [2.75, 3.05) is 15.1 Å². The molecule has 0 bridgehead atoms. The van der Waals surface area contributed by atoms with Crippen molar-refractivity contribution >= 4 is 45.4 Å². The van der Waals surface area contributed by atoms with Crippen LogP contribution in [0, 0.1) is 5.92 Å². The molecule has 2 N–H and O–H groups in total. The zero-order valence-electron chi connectivity index (χ0n) is 26.0. The molecule has 0 spiro atoms. The van der Waals surface area contributed by atoms with Crippen molar-refractivity contribution in [2.45, 2.75) is 17.0 Å². The number of anilines is 3. The molecule has 1 saturated heterocycles. The van der Waals surface area contributed by atoms with Crippen LogP contribution in [0.2, 0.25) is 0 Å². The van der Waals surface area contributed by atoms with Crippen LogP contribution in [-0.4, -0.2) is 19.0 Å². The van der Waals surface area contributed by atoms with Gasteiger partial charge < -0.3 is 5.32 Å². The van der Waals surface area contributed by atoms with Gasteiger partial charge in [0.1, 0.15) is 0 Å². The van der Waals surface area contributed by atoms with Crippen LogP contribution in [-0.2, 0) is 13.0 Å². The summed E-state index contributed by atoms with van der Waals surface area (Å²) in [5, 5.41) is 8.26. The summed E-state index contributed by atoms with van der Waals surface area (Å²) in [6.45, 7) is 12.3. The van der Waals surface area contributed by atoms with Gasteiger partial charge in [0.15, 0.2) is 0 Å². The molecule has 0 amide bonds. The summed E-state index contributed by atoms with van der Waals surface area (Å²) in [5.74, 6) is 0.664. The molecule has 7 rings (SSSR count). The van der Waals surface area contributed by atoms with E-state index in [2.05, 4.69) is 90.4 Å². The third kappa shape index (κ3) is 6.86. The SMILES string of the molecule is C=C=Cc1nc2ccccc2c(Nc2ccc(COc3ccc(N=C4c5ccccc5NC(=C)C4C=C=C)cc3)cc2)c1CC1C[I-]1. The number of ether oxygens (including phenoxy) is 1. The molecule has 3 heterocycles. The Bertz CT molecular complexity index is 2100. The number of aromatic nitrogens is 1. The number of nitrogens with zero attached hydrogens (tertiary/aromatic N) is 2. The fourth-order valence-electron chi connectivity index (χ4n) is 5.81. The van der Waals surface area contributed by atoms with Gasteiger partial charge >= 0.3 is 169 Å². The van der Waals surface area contributed by atoms with Crippen LogP contribution in [0.1, 0.15) is 22.4 Å². The number of pyridine rings is 1. The van der Waals surface area contributed by atoms with E-state index in [4.69, 9.17) is 14.7 Å². The molecule has 2 aliphatic heterocycles. The fraction of sp³-hybridized carbons (Fsp3) is 0.122. The molecule has 4 aromatic carbocycles. The van der Waals surface area contributed by atoms with Crippen LogP contribution in [0.5, 0.6) is 5.75 Å². The topological polar surface area (TPSA) is 58.5 Å². The Hall–Kier alpha value is -5.13. The van der Waals surface area contributed by atoms with Crippen molar-refractivity contribution in [2.24, 2.45) is 10.9 Å². The van der Waals surface area contributed by atoms with Crippen LogP contribution in [0.25, 0.3) is 17.0 Å². The van der Waals surface area contributed by atoms with E-state index in [9.17, 15) is 0 Å². The summed E-state index contributed by atoms with van der Waals surface area (Å²) in [4.78, 5) is 9.97. The van der Waals surface area contributed by atoms with Gasteiger partial charge in [0.2, 0.25) is 0 Å². The Labute approximate surface area is 286 Å². The third-order valence-corrected chi connectivity index (χ3v) is 10.8. The Balaban J connectivity index is 1.06. The molecule has 5 aromatic rings. The molecule has 232 valence electrons. The van der Waals surface area contributed by atoms with E-state index in [0.717, 1.165) is 78.0 Å². The quantitative estimate of drug-likeness (QED) is 0.0997. The standard InChI is InChI=1S/C41H34IN4O/c1-4-10-33-27(3)43-38-14-8-6-12-34(38)40(33)44-31-20-22-32(23-21-31)47-26-28-16-18-30(19-17-28)45-41-35-13-7-9-15-39(35)46-37(11-5-2)36(41)24-29-25-42-29/h6-23,29,33,43H,1-3,24-26H2,(H,45,46)/q-1. The average Bonchev–Trinajstić information content (AvgIpc) is 3.92. The molecule has 2 atom stereocenters.